The number of carbonyl (C=O) groups is 2. The number of Topliss-reactive ketones (excluding diaryl/α,β-unsaturated/α-hetero) is 1. The van der Waals surface area contributed by atoms with E-state index in [1.165, 1.54) is 18.2 Å². The highest BCUT2D eigenvalue weighted by molar-refractivity contribution is 6.34. The van der Waals surface area contributed by atoms with Gasteiger partial charge in [0.2, 0.25) is 5.91 Å². The second-order valence-corrected chi connectivity index (χ2v) is 8.11. The van der Waals surface area contributed by atoms with Crippen molar-refractivity contribution < 1.29 is 14.5 Å². The van der Waals surface area contributed by atoms with E-state index in [0.29, 0.717) is 42.2 Å². The van der Waals surface area contributed by atoms with Crippen LogP contribution >= 0.6 is 23.2 Å². The standard InChI is InChI=1S/C21H21Cl2N3O4/c1-13(21(28)24-19-7-6-17(26(29)30)12-18(19)23)25-10-8-15(9-11-25)20(27)14-2-4-16(22)5-3-14/h2-7,12-13,15H,8-11H2,1H3,(H,24,28). The summed E-state index contributed by atoms with van der Waals surface area (Å²) in [5, 5.41) is 14.2. The summed E-state index contributed by atoms with van der Waals surface area (Å²) in [7, 11) is 0. The number of nitro benzene ring substituents is 1. The Hall–Kier alpha value is -2.48. The highest BCUT2D eigenvalue weighted by Crippen LogP contribution is 2.28. The molecule has 0 radical (unpaired) electrons. The van der Waals surface area contributed by atoms with Crippen molar-refractivity contribution in [3.05, 3.63) is 68.2 Å². The summed E-state index contributed by atoms with van der Waals surface area (Å²) in [5.41, 5.74) is 0.835. The zero-order valence-electron chi connectivity index (χ0n) is 16.3. The van der Waals surface area contributed by atoms with Crippen LogP contribution in [0.25, 0.3) is 0 Å². The molecule has 0 spiro atoms. The summed E-state index contributed by atoms with van der Waals surface area (Å²) in [6.45, 7) is 3.02. The van der Waals surface area contributed by atoms with E-state index in [1.54, 1.807) is 31.2 Å². The zero-order chi connectivity index (χ0) is 21.8. The third-order valence-electron chi connectivity index (χ3n) is 5.38. The molecule has 0 bridgehead atoms. The molecule has 1 saturated heterocycles. The number of anilines is 1. The molecular weight excluding hydrogens is 429 g/mol. The fourth-order valence-electron chi connectivity index (χ4n) is 3.52. The lowest BCUT2D eigenvalue weighted by Gasteiger charge is -2.34. The molecule has 1 fully saturated rings. The van der Waals surface area contributed by atoms with Crippen LogP contribution in [0.1, 0.15) is 30.1 Å². The molecule has 30 heavy (non-hydrogen) atoms. The number of non-ortho nitro benzene ring substituents is 1. The van der Waals surface area contributed by atoms with E-state index < -0.39 is 11.0 Å². The summed E-state index contributed by atoms with van der Waals surface area (Å²) < 4.78 is 0. The number of amides is 1. The van der Waals surface area contributed by atoms with Gasteiger partial charge in [-0.1, -0.05) is 23.2 Å². The molecule has 7 nitrogen and oxygen atoms in total. The maximum atomic E-state index is 12.7. The Balaban J connectivity index is 1.56. The van der Waals surface area contributed by atoms with Crippen LogP contribution in [0.3, 0.4) is 0 Å². The van der Waals surface area contributed by atoms with Gasteiger partial charge in [-0.3, -0.25) is 24.6 Å². The maximum absolute atomic E-state index is 12.7. The number of nitrogens with zero attached hydrogens (tertiary/aromatic N) is 2. The van der Waals surface area contributed by atoms with Crippen LogP contribution in [0.2, 0.25) is 10.0 Å². The third-order valence-corrected chi connectivity index (χ3v) is 5.94. The summed E-state index contributed by atoms with van der Waals surface area (Å²) in [6.07, 6.45) is 1.33. The van der Waals surface area contributed by atoms with Crippen LogP contribution in [0.5, 0.6) is 0 Å². The van der Waals surface area contributed by atoms with Gasteiger partial charge in [-0.05, 0) is 63.2 Å². The molecule has 9 heteroatoms. The summed E-state index contributed by atoms with van der Waals surface area (Å²) in [5.74, 6) is -0.240. The van der Waals surface area contributed by atoms with Crippen molar-refractivity contribution in [1.82, 2.24) is 4.90 Å². The van der Waals surface area contributed by atoms with Gasteiger partial charge in [-0.25, -0.2) is 0 Å². The number of ketones is 1. The number of rotatable bonds is 6. The molecule has 0 aromatic heterocycles. The van der Waals surface area contributed by atoms with Crippen molar-refractivity contribution >= 4 is 46.3 Å². The molecule has 1 N–H and O–H groups in total. The lowest BCUT2D eigenvalue weighted by atomic mass is 9.88. The third kappa shape index (κ3) is 5.16. The van der Waals surface area contributed by atoms with E-state index in [2.05, 4.69) is 5.32 Å². The van der Waals surface area contributed by atoms with Crippen molar-refractivity contribution in [2.75, 3.05) is 18.4 Å². The van der Waals surface area contributed by atoms with Crippen molar-refractivity contribution in [1.29, 1.82) is 0 Å². The zero-order valence-corrected chi connectivity index (χ0v) is 17.8. The van der Waals surface area contributed by atoms with Gasteiger partial charge in [0.1, 0.15) is 0 Å². The molecular formula is C21H21Cl2N3O4. The van der Waals surface area contributed by atoms with Crippen molar-refractivity contribution in [3.63, 3.8) is 0 Å². The maximum Gasteiger partial charge on any atom is 0.271 e. The van der Waals surface area contributed by atoms with Gasteiger partial charge in [0.05, 0.1) is 21.7 Å². The predicted molar refractivity (Wildman–Crippen MR) is 116 cm³/mol. The average Bonchev–Trinajstić information content (AvgIpc) is 2.74. The van der Waals surface area contributed by atoms with E-state index in [4.69, 9.17) is 23.2 Å². The normalized spacial score (nSPS) is 16.1. The first kappa shape index (κ1) is 22.2. The Morgan fingerprint density at radius 3 is 2.33 bits per heavy atom. The molecule has 1 amide bonds. The van der Waals surface area contributed by atoms with E-state index in [-0.39, 0.29) is 28.3 Å². The molecule has 1 aliphatic heterocycles. The number of carbonyl (C=O) groups excluding carboxylic acids is 2. The first-order valence-electron chi connectivity index (χ1n) is 9.55. The molecule has 2 aromatic rings. The van der Waals surface area contributed by atoms with Gasteiger partial charge in [0.15, 0.2) is 5.78 Å². The van der Waals surface area contributed by atoms with Crippen molar-refractivity contribution in [2.45, 2.75) is 25.8 Å². The number of benzene rings is 2. The lowest BCUT2D eigenvalue weighted by Crippen LogP contribution is -2.47. The molecule has 0 saturated carbocycles. The Labute approximate surface area is 184 Å². The smallest absolute Gasteiger partial charge is 0.271 e. The number of halogens is 2. The Morgan fingerprint density at radius 2 is 1.77 bits per heavy atom. The number of nitro groups is 1. The fourth-order valence-corrected chi connectivity index (χ4v) is 3.87. The van der Waals surface area contributed by atoms with E-state index in [0.717, 1.165) is 0 Å². The summed E-state index contributed by atoms with van der Waals surface area (Å²) in [6, 6.07) is 10.4. The minimum Gasteiger partial charge on any atom is -0.323 e. The molecule has 158 valence electrons. The van der Waals surface area contributed by atoms with Crippen LogP contribution in [-0.2, 0) is 4.79 Å². The number of piperidine rings is 1. The van der Waals surface area contributed by atoms with Crippen LogP contribution < -0.4 is 5.32 Å². The number of likely N-dealkylation sites (tertiary alicyclic amines) is 1. The molecule has 2 aromatic carbocycles. The SMILES string of the molecule is CC(C(=O)Nc1ccc([N+](=O)[O-])cc1Cl)N1CCC(C(=O)c2ccc(Cl)cc2)CC1. The van der Waals surface area contributed by atoms with E-state index in [1.807, 2.05) is 4.90 Å². The van der Waals surface area contributed by atoms with Gasteiger partial charge in [0, 0.05) is 28.6 Å². The summed E-state index contributed by atoms with van der Waals surface area (Å²) >= 11 is 11.9. The van der Waals surface area contributed by atoms with Crippen LogP contribution in [0.15, 0.2) is 42.5 Å². The lowest BCUT2D eigenvalue weighted by molar-refractivity contribution is -0.384. The van der Waals surface area contributed by atoms with Gasteiger partial charge in [-0.15, -0.1) is 0 Å². The molecule has 1 atom stereocenters. The van der Waals surface area contributed by atoms with Gasteiger partial charge in [0.25, 0.3) is 5.69 Å². The molecule has 3 rings (SSSR count). The number of nitrogens with one attached hydrogen (secondary N) is 1. The minimum atomic E-state index is -0.546. The largest absolute Gasteiger partial charge is 0.323 e. The Bertz CT molecular complexity index is 957. The van der Waals surface area contributed by atoms with Crippen LogP contribution in [0.4, 0.5) is 11.4 Å². The molecule has 1 aliphatic rings. The van der Waals surface area contributed by atoms with E-state index in [9.17, 15) is 19.7 Å². The monoisotopic (exact) mass is 449 g/mol. The number of hydrogen-bond donors (Lipinski definition) is 1. The second kappa shape index (κ2) is 9.55. The van der Waals surface area contributed by atoms with Crippen LogP contribution in [0, 0.1) is 16.0 Å². The minimum absolute atomic E-state index is 0.0817. The second-order valence-electron chi connectivity index (χ2n) is 7.27. The average molecular weight is 450 g/mol. The topological polar surface area (TPSA) is 92.5 Å². The number of hydrogen-bond acceptors (Lipinski definition) is 5. The van der Waals surface area contributed by atoms with E-state index >= 15 is 0 Å². The highest BCUT2D eigenvalue weighted by atomic mass is 35.5. The fraction of sp³-hybridized carbons (Fsp3) is 0.333. The van der Waals surface area contributed by atoms with Gasteiger partial charge in [-0.2, -0.15) is 0 Å². The molecule has 1 unspecified atom stereocenters. The highest BCUT2D eigenvalue weighted by Gasteiger charge is 2.30. The molecule has 0 aliphatic carbocycles. The summed E-state index contributed by atoms with van der Waals surface area (Å²) in [4.78, 5) is 37.6. The molecule has 1 heterocycles. The first-order valence-corrected chi connectivity index (χ1v) is 10.3. The quantitative estimate of drug-likeness (QED) is 0.387. The van der Waals surface area contributed by atoms with Gasteiger partial charge < -0.3 is 5.32 Å². The van der Waals surface area contributed by atoms with Crippen molar-refractivity contribution in [3.8, 4) is 0 Å². The van der Waals surface area contributed by atoms with Gasteiger partial charge >= 0.3 is 0 Å². The van der Waals surface area contributed by atoms with Crippen LogP contribution in [-0.4, -0.2) is 40.6 Å². The first-order chi connectivity index (χ1) is 14.3. The Morgan fingerprint density at radius 1 is 1.13 bits per heavy atom. The Kier molecular flexibility index (Phi) is 7.07. The van der Waals surface area contributed by atoms with Crippen molar-refractivity contribution in [2.24, 2.45) is 5.92 Å². The predicted octanol–water partition coefficient (Wildman–Crippen LogP) is 4.82.